The van der Waals surface area contributed by atoms with Crippen LogP contribution >= 0.6 is 0 Å². The highest BCUT2D eigenvalue weighted by atomic mass is 17.2. The Bertz CT molecular complexity index is 528. The van der Waals surface area contributed by atoms with Crippen molar-refractivity contribution in [3.8, 4) is 0 Å². The van der Waals surface area contributed by atoms with Gasteiger partial charge in [-0.05, 0) is 51.4 Å². The van der Waals surface area contributed by atoms with Gasteiger partial charge in [0.2, 0.25) is 5.79 Å². The maximum atomic E-state index is 12.9. The second kappa shape index (κ2) is 7.38. The summed E-state index contributed by atoms with van der Waals surface area (Å²) in [6, 6.07) is 0. The van der Waals surface area contributed by atoms with Crippen LogP contribution < -0.4 is 5.73 Å². The molecule has 0 spiro atoms. The molecule has 152 valence electrons. The molecular formula is C20H37NO5. The molecule has 1 aliphatic carbocycles. The lowest BCUT2D eigenvalue weighted by molar-refractivity contribution is -0.461. The number of ether oxygens (including phenoxy) is 2. The lowest BCUT2D eigenvalue weighted by Crippen LogP contribution is -2.73. The van der Waals surface area contributed by atoms with Crippen molar-refractivity contribution in [2.24, 2.45) is 28.4 Å². The van der Waals surface area contributed by atoms with E-state index in [9.17, 15) is 10.1 Å². The summed E-state index contributed by atoms with van der Waals surface area (Å²) in [4.78, 5) is 17.5. The smallest absolute Gasteiger partial charge is 0.315 e. The van der Waals surface area contributed by atoms with E-state index >= 15 is 0 Å². The minimum absolute atomic E-state index is 0.0935. The number of rotatable bonds is 3. The molecule has 6 nitrogen and oxygen atoms in total. The van der Waals surface area contributed by atoms with Crippen LogP contribution in [0.15, 0.2) is 0 Å². The monoisotopic (exact) mass is 371 g/mol. The minimum Gasteiger partial charge on any atom is -0.418 e. The van der Waals surface area contributed by atoms with Crippen molar-refractivity contribution in [2.75, 3.05) is 0 Å². The zero-order valence-electron chi connectivity index (χ0n) is 17.3. The standard InChI is InChI=1S/C18H31NO5.C2H6/c1-5-10-15(2)13-8-6-7-12-9-11-16(3,24-21)23-18(19,17(12,13)4)22-14(15)20;1-2/h12-13,21H,5-11,19H2,1-4H3;1-2H3/t12?,13-,15?,16+,17-,18?;/m0./s1. The van der Waals surface area contributed by atoms with Gasteiger partial charge < -0.3 is 4.74 Å². The van der Waals surface area contributed by atoms with E-state index < -0.39 is 22.5 Å². The van der Waals surface area contributed by atoms with Crippen molar-refractivity contribution in [1.82, 2.24) is 0 Å². The average Bonchev–Trinajstić information content (AvgIpc) is 2.69. The van der Waals surface area contributed by atoms with E-state index in [1.807, 2.05) is 20.8 Å². The lowest BCUT2D eigenvalue weighted by atomic mass is 9.49. The fraction of sp³-hybridized carbons (Fsp3) is 0.950. The molecule has 2 heterocycles. The maximum absolute atomic E-state index is 12.9. The summed E-state index contributed by atoms with van der Waals surface area (Å²) < 4.78 is 11.8. The van der Waals surface area contributed by atoms with E-state index in [4.69, 9.17) is 15.2 Å². The summed E-state index contributed by atoms with van der Waals surface area (Å²) in [6.07, 6.45) is 6.07. The molecule has 2 saturated heterocycles. The fourth-order valence-corrected chi connectivity index (χ4v) is 5.71. The Morgan fingerprint density at radius 2 is 1.88 bits per heavy atom. The molecule has 0 bridgehead atoms. The lowest BCUT2D eigenvalue weighted by Gasteiger charge is -2.62. The molecule has 0 radical (unpaired) electrons. The van der Waals surface area contributed by atoms with Crippen LogP contribution in [0.4, 0.5) is 0 Å². The van der Waals surface area contributed by atoms with Gasteiger partial charge in [0, 0.05) is 6.42 Å². The zero-order valence-corrected chi connectivity index (χ0v) is 17.3. The molecule has 6 atom stereocenters. The van der Waals surface area contributed by atoms with E-state index in [1.165, 1.54) is 0 Å². The van der Waals surface area contributed by atoms with Gasteiger partial charge in [-0.3, -0.25) is 15.3 Å². The molecule has 3 unspecified atom stereocenters. The summed E-state index contributed by atoms with van der Waals surface area (Å²) in [7, 11) is 0. The number of hydrogen-bond acceptors (Lipinski definition) is 6. The molecule has 3 fully saturated rings. The van der Waals surface area contributed by atoms with E-state index in [-0.39, 0.29) is 17.8 Å². The van der Waals surface area contributed by atoms with Crippen LogP contribution in [-0.4, -0.2) is 22.9 Å². The van der Waals surface area contributed by atoms with Gasteiger partial charge in [-0.1, -0.05) is 40.5 Å². The third kappa shape index (κ3) is 2.99. The largest absolute Gasteiger partial charge is 0.418 e. The van der Waals surface area contributed by atoms with Crippen LogP contribution in [0.25, 0.3) is 0 Å². The first-order valence-electron chi connectivity index (χ1n) is 10.2. The second-order valence-corrected chi connectivity index (χ2v) is 8.55. The number of carbonyl (C=O) groups is 1. The minimum atomic E-state index is -1.58. The van der Waals surface area contributed by atoms with Crippen molar-refractivity contribution in [2.45, 2.75) is 98.2 Å². The van der Waals surface area contributed by atoms with E-state index in [0.717, 1.165) is 38.5 Å². The molecular weight excluding hydrogens is 334 g/mol. The van der Waals surface area contributed by atoms with Crippen LogP contribution in [0.2, 0.25) is 0 Å². The summed E-state index contributed by atoms with van der Waals surface area (Å²) in [6.45, 7) is 11.9. The molecule has 3 N–H and O–H groups in total. The van der Waals surface area contributed by atoms with Gasteiger partial charge in [0.05, 0.1) is 10.8 Å². The van der Waals surface area contributed by atoms with Gasteiger partial charge in [0.15, 0.2) is 0 Å². The summed E-state index contributed by atoms with van der Waals surface area (Å²) in [5.41, 5.74) is 5.54. The van der Waals surface area contributed by atoms with Crippen LogP contribution in [0.1, 0.15) is 86.5 Å². The number of hydrogen-bond donors (Lipinski definition) is 2. The van der Waals surface area contributed by atoms with Gasteiger partial charge >= 0.3 is 5.97 Å². The van der Waals surface area contributed by atoms with Gasteiger partial charge in [0.1, 0.15) is 0 Å². The first-order chi connectivity index (χ1) is 12.2. The van der Waals surface area contributed by atoms with Crippen LogP contribution in [-0.2, 0) is 19.2 Å². The van der Waals surface area contributed by atoms with Gasteiger partial charge in [-0.25, -0.2) is 10.1 Å². The third-order valence-electron chi connectivity index (χ3n) is 7.12. The number of nitrogens with two attached hydrogens (primary N) is 1. The van der Waals surface area contributed by atoms with E-state index in [1.54, 1.807) is 6.92 Å². The van der Waals surface area contributed by atoms with Gasteiger partial charge in [-0.2, -0.15) is 0 Å². The molecule has 0 aromatic carbocycles. The Balaban J connectivity index is 0.00000117. The first-order valence-corrected chi connectivity index (χ1v) is 10.2. The Labute approximate surface area is 157 Å². The van der Waals surface area contributed by atoms with Crippen molar-refractivity contribution in [3.05, 3.63) is 0 Å². The Morgan fingerprint density at radius 3 is 2.46 bits per heavy atom. The molecule has 3 rings (SSSR count). The molecule has 2 aliphatic heterocycles. The Morgan fingerprint density at radius 1 is 1.23 bits per heavy atom. The first kappa shape index (κ1) is 21.6. The highest BCUT2D eigenvalue weighted by Gasteiger charge is 2.71. The highest BCUT2D eigenvalue weighted by Crippen LogP contribution is 2.65. The number of carbonyl (C=O) groups excluding carboxylic acids is 1. The van der Waals surface area contributed by atoms with E-state index in [2.05, 4.69) is 18.7 Å². The SMILES string of the molecule is CC.CCCC1(C)C(=O)OC2(N)O[C@](C)(OO)CCC3CCC[C@@H]1[C@]32C. The van der Waals surface area contributed by atoms with Gasteiger partial charge in [0.25, 0.3) is 5.91 Å². The predicted octanol–water partition coefficient (Wildman–Crippen LogP) is 4.43. The van der Waals surface area contributed by atoms with Gasteiger partial charge in [-0.15, -0.1) is 0 Å². The highest BCUT2D eigenvalue weighted by molar-refractivity contribution is 5.78. The summed E-state index contributed by atoms with van der Waals surface area (Å²) in [5, 5.41) is 9.34. The molecule has 0 aromatic heterocycles. The number of esters is 1. The van der Waals surface area contributed by atoms with E-state index in [0.29, 0.717) is 6.42 Å². The normalized spacial score (nSPS) is 47.8. The Kier molecular flexibility index (Phi) is 6.13. The predicted molar refractivity (Wildman–Crippen MR) is 98.7 cm³/mol. The molecule has 0 amide bonds. The second-order valence-electron chi connectivity index (χ2n) is 8.55. The van der Waals surface area contributed by atoms with Crippen molar-refractivity contribution < 1.29 is 24.4 Å². The molecule has 1 saturated carbocycles. The fourth-order valence-electron chi connectivity index (χ4n) is 5.71. The summed E-state index contributed by atoms with van der Waals surface area (Å²) >= 11 is 0. The van der Waals surface area contributed by atoms with Crippen LogP contribution in [0.3, 0.4) is 0 Å². The van der Waals surface area contributed by atoms with Crippen LogP contribution in [0, 0.1) is 22.7 Å². The van der Waals surface area contributed by atoms with Crippen molar-refractivity contribution in [3.63, 3.8) is 0 Å². The topological polar surface area (TPSA) is 91.0 Å². The summed E-state index contributed by atoms with van der Waals surface area (Å²) in [5.74, 6) is -2.78. The molecule has 3 aliphatic rings. The average molecular weight is 372 g/mol. The van der Waals surface area contributed by atoms with Crippen molar-refractivity contribution >= 4 is 5.97 Å². The molecule has 6 heteroatoms. The Hall–Kier alpha value is -0.690. The van der Waals surface area contributed by atoms with Crippen molar-refractivity contribution in [1.29, 1.82) is 0 Å². The molecule has 0 aromatic rings. The third-order valence-corrected chi connectivity index (χ3v) is 7.12. The van der Waals surface area contributed by atoms with Crippen LogP contribution in [0.5, 0.6) is 0 Å². The zero-order chi connectivity index (χ0) is 19.8. The molecule has 26 heavy (non-hydrogen) atoms. The maximum Gasteiger partial charge on any atom is 0.315 e. The quantitative estimate of drug-likeness (QED) is 0.433.